The number of aryl methyl sites for hydroxylation is 2. The van der Waals surface area contributed by atoms with Crippen LogP contribution in [0.3, 0.4) is 0 Å². The van der Waals surface area contributed by atoms with Gasteiger partial charge in [-0.1, -0.05) is 6.07 Å². The second kappa shape index (κ2) is 5.57. The SMILES string of the molecule is Cc1[nH]c(C)c(C2C(c3ccccn3)NC(=S)N2C)c1I. The van der Waals surface area contributed by atoms with E-state index in [4.69, 9.17) is 12.2 Å². The van der Waals surface area contributed by atoms with Gasteiger partial charge < -0.3 is 15.2 Å². The Labute approximate surface area is 143 Å². The lowest BCUT2D eigenvalue weighted by Crippen LogP contribution is -2.25. The zero-order valence-corrected chi connectivity index (χ0v) is 15.1. The zero-order valence-electron chi connectivity index (χ0n) is 12.1. The van der Waals surface area contributed by atoms with Crippen LogP contribution in [0.1, 0.15) is 34.7 Å². The summed E-state index contributed by atoms with van der Waals surface area (Å²) in [6, 6.07) is 6.23. The van der Waals surface area contributed by atoms with E-state index in [0.717, 1.165) is 10.8 Å². The second-order valence-electron chi connectivity index (χ2n) is 5.34. The smallest absolute Gasteiger partial charge is 0.169 e. The molecule has 0 saturated carbocycles. The summed E-state index contributed by atoms with van der Waals surface area (Å²) in [7, 11) is 2.04. The van der Waals surface area contributed by atoms with Crippen molar-refractivity contribution < 1.29 is 0 Å². The molecule has 2 N–H and O–H groups in total. The van der Waals surface area contributed by atoms with Crippen molar-refractivity contribution in [3.8, 4) is 0 Å². The number of likely N-dealkylation sites (N-methyl/N-ethyl adjacent to an activating group) is 1. The fourth-order valence-electron chi connectivity index (χ4n) is 2.94. The molecule has 2 unspecified atom stereocenters. The normalized spacial score (nSPS) is 21.7. The highest BCUT2D eigenvalue weighted by Gasteiger charge is 2.40. The summed E-state index contributed by atoms with van der Waals surface area (Å²) in [6.45, 7) is 4.23. The number of rotatable bonds is 2. The molecule has 1 aliphatic heterocycles. The molecule has 1 aliphatic rings. The average Bonchev–Trinajstić information content (AvgIpc) is 2.89. The van der Waals surface area contributed by atoms with Gasteiger partial charge in [0.25, 0.3) is 0 Å². The summed E-state index contributed by atoms with van der Waals surface area (Å²) in [5.74, 6) is 0. The summed E-state index contributed by atoms with van der Waals surface area (Å²) in [5.41, 5.74) is 4.72. The van der Waals surface area contributed by atoms with Gasteiger partial charge in [0, 0.05) is 33.8 Å². The first kappa shape index (κ1) is 14.8. The maximum atomic E-state index is 5.46. The number of aromatic nitrogens is 2. The number of aromatic amines is 1. The largest absolute Gasteiger partial charge is 0.362 e. The van der Waals surface area contributed by atoms with Crippen LogP contribution in [0, 0.1) is 17.4 Å². The third kappa shape index (κ3) is 2.44. The molecule has 0 amide bonds. The fraction of sp³-hybridized carbons (Fsp3) is 0.333. The van der Waals surface area contributed by atoms with Crippen LogP contribution in [0.15, 0.2) is 24.4 Å². The van der Waals surface area contributed by atoms with E-state index < -0.39 is 0 Å². The minimum atomic E-state index is 0.0751. The maximum Gasteiger partial charge on any atom is 0.169 e. The molecule has 3 rings (SSSR count). The van der Waals surface area contributed by atoms with Gasteiger partial charge in [0.15, 0.2) is 5.11 Å². The molecule has 3 heterocycles. The number of hydrogen-bond donors (Lipinski definition) is 2. The first-order chi connectivity index (χ1) is 10.0. The zero-order chi connectivity index (χ0) is 15.1. The van der Waals surface area contributed by atoms with Crippen LogP contribution < -0.4 is 5.32 Å². The molecule has 1 saturated heterocycles. The highest BCUT2D eigenvalue weighted by Crippen LogP contribution is 2.41. The van der Waals surface area contributed by atoms with E-state index in [-0.39, 0.29) is 12.1 Å². The molecule has 0 bridgehead atoms. The number of hydrogen-bond acceptors (Lipinski definition) is 2. The van der Waals surface area contributed by atoms with Gasteiger partial charge in [-0.25, -0.2) is 0 Å². The number of pyridine rings is 1. The average molecular weight is 412 g/mol. The summed E-state index contributed by atoms with van der Waals surface area (Å²) in [5, 5.41) is 4.18. The maximum absolute atomic E-state index is 5.46. The van der Waals surface area contributed by atoms with Crippen LogP contribution in [0.4, 0.5) is 0 Å². The molecule has 2 aromatic rings. The molecule has 110 valence electrons. The molecule has 0 radical (unpaired) electrons. The summed E-state index contributed by atoms with van der Waals surface area (Å²) >= 11 is 7.88. The summed E-state index contributed by atoms with van der Waals surface area (Å²) in [6.07, 6.45) is 1.83. The van der Waals surface area contributed by atoms with E-state index in [1.165, 1.54) is 20.5 Å². The van der Waals surface area contributed by atoms with Crippen LogP contribution in [-0.2, 0) is 0 Å². The Hall–Kier alpha value is -1.15. The van der Waals surface area contributed by atoms with Gasteiger partial charge >= 0.3 is 0 Å². The predicted octanol–water partition coefficient (Wildman–Crippen LogP) is 3.23. The van der Waals surface area contributed by atoms with Crippen molar-refractivity contribution in [3.63, 3.8) is 0 Å². The van der Waals surface area contributed by atoms with Gasteiger partial charge in [-0.2, -0.15) is 0 Å². The molecule has 0 spiro atoms. The van der Waals surface area contributed by atoms with Crippen LogP contribution in [0.5, 0.6) is 0 Å². The van der Waals surface area contributed by atoms with Gasteiger partial charge in [-0.05, 0) is 60.8 Å². The van der Waals surface area contributed by atoms with E-state index in [2.05, 4.69) is 56.6 Å². The molecule has 21 heavy (non-hydrogen) atoms. The van der Waals surface area contributed by atoms with Gasteiger partial charge in [0.2, 0.25) is 0 Å². The third-order valence-electron chi connectivity index (χ3n) is 3.98. The molecule has 0 aliphatic carbocycles. The molecular formula is C15H17IN4S. The molecule has 0 aromatic carbocycles. The molecule has 2 atom stereocenters. The summed E-state index contributed by atoms with van der Waals surface area (Å²) in [4.78, 5) is 10.1. The Kier molecular flexibility index (Phi) is 3.92. The minimum Gasteiger partial charge on any atom is -0.362 e. The molecule has 4 nitrogen and oxygen atoms in total. The van der Waals surface area contributed by atoms with E-state index in [1.54, 1.807) is 0 Å². The Morgan fingerprint density at radius 3 is 2.62 bits per heavy atom. The monoisotopic (exact) mass is 412 g/mol. The predicted molar refractivity (Wildman–Crippen MR) is 96.2 cm³/mol. The highest BCUT2D eigenvalue weighted by atomic mass is 127. The highest BCUT2D eigenvalue weighted by molar-refractivity contribution is 14.1. The van der Waals surface area contributed by atoms with Gasteiger partial charge in [0.05, 0.1) is 17.8 Å². The van der Waals surface area contributed by atoms with E-state index in [0.29, 0.717) is 0 Å². The Bertz CT molecular complexity index is 682. The Morgan fingerprint density at radius 1 is 1.29 bits per heavy atom. The number of nitrogens with one attached hydrogen (secondary N) is 2. The van der Waals surface area contributed by atoms with Crippen molar-refractivity contribution in [3.05, 3.63) is 50.6 Å². The molecule has 2 aromatic heterocycles. The van der Waals surface area contributed by atoms with Crippen LogP contribution >= 0.6 is 34.8 Å². The van der Waals surface area contributed by atoms with Crippen LogP contribution in [0.2, 0.25) is 0 Å². The van der Waals surface area contributed by atoms with E-state index in [9.17, 15) is 0 Å². The van der Waals surface area contributed by atoms with Crippen LogP contribution in [-0.4, -0.2) is 27.0 Å². The number of H-pyrrole nitrogens is 1. The van der Waals surface area contributed by atoms with Crippen molar-refractivity contribution in [2.45, 2.75) is 25.9 Å². The second-order valence-corrected chi connectivity index (χ2v) is 6.81. The quantitative estimate of drug-likeness (QED) is 0.588. The van der Waals surface area contributed by atoms with Crippen LogP contribution in [0.25, 0.3) is 0 Å². The molecule has 1 fully saturated rings. The van der Waals surface area contributed by atoms with Crippen molar-refractivity contribution >= 4 is 39.9 Å². The lowest BCUT2D eigenvalue weighted by atomic mass is 9.97. The topological polar surface area (TPSA) is 44.0 Å². The first-order valence-electron chi connectivity index (χ1n) is 6.79. The number of nitrogens with zero attached hydrogens (tertiary/aromatic N) is 2. The molecule has 6 heteroatoms. The minimum absolute atomic E-state index is 0.0751. The van der Waals surface area contributed by atoms with E-state index in [1.807, 2.05) is 31.4 Å². The van der Waals surface area contributed by atoms with Gasteiger partial charge in [0.1, 0.15) is 0 Å². The first-order valence-corrected chi connectivity index (χ1v) is 8.28. The third-order valence-corrected chi connectivity index (χ3v) is 5.78. The Balaban J connectivity index is 2.11. The van der Waals surface area contributed by atoms with Crippen molar-refractivity contribution in [2.24, 2.45) is 0 Å². The fourth-order valence-corrected chi connectivity index (χ4v) is 4.04. The Morgan fingerprint density at radius 2 is 2.05 bits per heavy atom. The van der Waals surface area contributed by atoms with Crippen molar-refractivity contribution in [1.82, 2.24) is 20.2 Å². The number of halogens is 1. The van der Waals surface area contributed by atoms with Crippen molar-refractivity contribution in [1.29, 1.82) is 0 Å². The van der Waals surface area contributed by atoms with Crippen molar-refractivity contribution in [2.75, 3.05) is 7.05 Å². The lowest BCUT2D eigenvalue weighted by Gasteiger charge is -2.24. The number of thiocarbonyl (C=S) groups is 1. The van der Waals surface area contributed by atoms with Gasteiger partial charge in [-0.3, -0.25) is 4.98 Å². The molecular weight excluding hydrogens is 395 g/mol. The van der Waals surface area contributed by atoms with Gasteiger partial charge in [-0.15, -0.1) is 0 Å². The lowest BCUT2D eigenvalue weighted by molar-refractivity contribution is 0.366. The summed E-state index contributed by atoms with van der Waals surface area (Å²) < 4.78 is 1.27. The van der Waals surface area contributed by atoms with E-state index >= 15 is 0 Å². The standard InChI is InChI=1S/C15H17IN4S/c1-8-11(12(16)9(2)18-8)14-13(19-15(21)20(14)3)10-6-4-5-7-17-10/h4-7,13-14,18H,1-3H3,(H,19,21).